The van der Waals surface area contributed by atoms with E-state index in [1.54, 1.807) is 0 Å². The molecule has 0 spiro atoms. The van der Waals surface area contributed by atoms with E-state index in [2.05, 4.69) is 25.6 Å². The highest BCUT2D eigenvalue weighted by Crippen LogP contribution is 2.33. The molecule has 0 aliphatic carbocycles. The largest absolute Gasteiger partial charge is 0.463 e. The summed E-state index contributed by atoms with van der Waals surface area (Å²) in [5.74, 6) is 0.896. The molecule has 0 saturated heterocycles. The molecule has 1 aliphatic heterocycles. The Bertz CT molecular complexity index is 338. The Morgan fingerprint density at radius 2 is 2.40 bits per heavy atom. The standard InChI is InChI=1S/C12H16O2S/c1-2-8-13-11-7-6-9-4-3-5-10(15)12(9)14-11/h3-5,11,15H,2,6-8H2,1H3. The first-order valence-electron chi connectivity index (χ1n) is 5.40. The topological polar surface area (TPSA) is 18.5 Å². The summed E-state index contributed by atoms with van der Waals surface area (Å²) in [5.41, 5.74) is 1.24. The van der Waals surface area contributed by atoms with Crippen molar-refractivity contribution in [2.45, 2.75) is 37.4 Å². The second-order valence-electron chi connectivity index (χ2n) is 3.72. The fourth-order valence-electron chi connectivity index (χ4n) is 1.73. The lowest BCUT2D eigenvalue weighted by Crippen LogP contribution is -2.26. The van der Waals surface area contributed by atoms with Gasteiger partial charge >= 0.3 is 0 Å². The molecule has 0 fully saturated rings. The van der Waals surface area contributed by atoms with Crippen LogP contribution in [0.25, 0.3) is 0 Å². The Morgan fingerprint density at radius 3 is 3.20 bits per heavy atom. The van der Waals surface area contributed by atoms with E-state index in [0.717, 1.165) is 36.5 Å². The number of thiol groups is 1. The predicted molar refractivity (Wildman–Crippen MR) is 62.7 cm³/mol. The molecule has 0 aromatic heterocycles. The van der Waals surface area contributed by atoms with Crippen LogP contribution in [0.3, 0.4) is 0 Å². The van der Waals surface area contributed by atoms with Gasteiger partial charge in [-0.25, -0.2) is 0 Å². The van der Waals surface area contributed by atoms with Crippen molar-refractivity contribution in [1.82, 2.24) is 0 Å². The average Bonchev–Trinajstić information content (AvgIpc) is 2.27. The van der Waals surface area contributed by atoms with Crippen molar-refractivity contribution in [2.75, 3.05) is 6.61 Å². The van der Waals surface area contributed by atoms with Gasteiger partial charge in [-0.1, -0.05) is 19.1 Å². The number of fused-ring (bicyclic) bond motifs is 1. The van der Waals surface area contributed by atoms with Crippen molar-refractivity contribution < 1.29 is 9.47 Å². The summed E-state index contributed by atoms with van der Waals surface area (Å²) >= 11 is 4.39. The average molecular weight is 224 g/mol. The van der Waals surface area contributed by atoms with Crippen molar-refractivity contribution in [3.05, 3.63) is 23.8 Å². The molecule has 82 valence electrons. The molecule has 1 heterocycles. The Hall–Kier alpha value is -0.670. The summed E-state index contributed by atoms with van der Waals surface area (Å²) in [6.45, 7) is 2.86. The van der Waals surface area contributed by atoms with Gasteiger partial charge in [-0.2, -0.15) is 0 Å². The van der Waals surface area contributed by atoms with E-state index in [4.69, 9.17) is 9.47 Å². The van der Waals surface area contributed by atoms with E-state index in [-0.39, 0.29) is 6.29 Å². The highest BCUT2D eigenvalue weighted by molar-refractivity contribution is 7.80. The summed E-state index contributed by atoms with van der Waals surface area (Å²) < 4.78 is 11.4. The molecule has 0 amide bonds. The van der Waals surface area contributed by atoms with E-state index < -0.39 is 0 Å². The fourth-order valence-corrected chi connectivity index (χ4v) is 2.02. The highest BCUT2D eigenvalue weighted by Gasteiger charge is 2.21. The number of rotatable bonds is 3. The van der Waals surface area contributed by atoms with Gasteiger partial charge in [0.15, 0.2) is 6.29 Å². The van der Waals surface area contributed by atoms with Crippen molar-refractivity contribution in [3.63, 3.8) is 0 Å². The van der Waals surface area contributed by atoms with E-state index >= 15 is 0 Å². The molecule has 2 nitrogen and oxygen atoms in total. The van der Waals surface area contributed by atoms with Gasteiger partial charge in [0.2, 0.25) is 0 Å². The van der Waals surface area contributed by atoms with Crippen LogP contribution in [0.1, 0.15) is 25.3 Å². The number of hydrogen-bond donors (Lipinski definition) is 1. The van der Waals surface area contributed by atoms with Gasteiger partial charge in [-0.05, 0) is 24.5 Å². The minimum atomic E-state index is -0.0919. The number of aryl methyl sites for hydroxylation is 1. The zero-order valence-electron chi connectivity index (χ0n) is 8.90. The first-order valence-corrected chi connectivity index (χ1v) is 5.85. The Labute approximate surface area is 96.0 Å². The Morgan fingerprint density at radius 1 is 1.53 bits per heavy atom. The molecule has 1 aromatic rings. The quantitative estimate of drug-likeness (QED) is 0.795. The van der Waals surface area contributed by atoms with Crippen molar-refractivity contribution in [3.8, 4) is 5.75 Å². The van der Waals surface area contributed by atoms with Crippen LogP contribution in [0.5, 0.6) is 5.75 Å². The van der Waals surface area contributed by atoms with E-state index in [1.807, 2.05) is 12.1 Å². The zero-order valence-corrected chi connectivity index (χ0v) is 9.80. The molecular formula is C12H16O2S. The van der Waals surface area contributed by atoms with Crippen LogP contribution in [0.15, 0.2) is 23.1 Å². The van der Waals surface area contributed by atoms with Crippen LogP contribution in [0.2, 0.25) is 0 Å². The van der Waals surface area contributed by atoms with E-state index in [1.165, 1.54) is 5.56 Å². The van der Waals surface area contributed by atoms with Gasteiger partial charge in [0.1, 0.15) is 5.75 Å². The summed E-state index contributed by atoms with van der Waals surface area (Å²) in [5, 5.41) is 0. The van der Waals surface area contributed by atoms with Crippen LogP contribution in [0.4, 0.5) is 0 Å². The molecule has 0 N–H and O–H groups in total. The molecule has 1 unspecified atom stereocenters. The minimum absolute atomic E-state index is 0.0919. The third kappa shape index (κ3) is 2.47. The summed E-state index contributed by atoms with van der Waals surface area (Å²) in [7, 11) is 0. The van der Waals surface area contributed by atoms with Gasteiger partial charge in [-0.3, -0.25) is 0 Å². The van der Waals surface area contributed by atoms with Gasteiger partial charge in [-0.15, -0.1) is 12.6 Å². The fraction of sp³-hybridized carbons (Fsp3) is 0.500. The molecule has 0 radical (unpaired) electrons. The number of benzene rings is 1. The number of hydrogen-bond acceptors (Lipinski definition) is 3. The first-order chi connectivity index (χ1) is 7.31. The second-order valence-corrected chi connectivity index (χ2v) is 4.20. The molecular weight excluding hydrogens is 208 g/mol. The summed E-state index contributed by atoms with van der Waals surface area (Å²) in [4.78, 5) is 0.900. The van der Waals surface area contributed by atoms with Crippen LogP contribution in [-0.4, -0.2) is 12.9 Å². The zero-order chi connectivity index (χ0) is 10.7. The maximum absolute atomic E-state index is 5.77. The Kier molecular flexibility index (Phi) is 3.54. The molecule has 1 aliphatic rings. The van der Waals surface area contributed by atoms with E-state index in [9.17, 15) is 0 Å². The van der Waals surface area contributed by atoms with Gasteiger partial charge < -0.3 is 9.47 Å². The first kappa shape index (κ1) is 10.8. The predicted octanol–water partition coefficient (Wildman–Crippen LogP) is 3.05. The summed E-state index contributed by atoms with van der Waals surface area (Å²) in [6, 6.07) is 6.05. The molecule has 0 saturated carbocycles. The number of ether oxygens (including phenoxy) is 2. The molecule has 3 heteroatoms. The molecule has 15 heavy (non-hydrogen) atoms. The van der Waals surface area contributed by atoms with Gasteiger partial charge in [0.05, 0.1) is 6.61 Å². The van der Waals surface area contributed by atoms with Gasteiger partial charge in [0, 0.05) is 11.3 Å². The maximum atomic E-state index is 5.77. The van der Waals surface area contributed by atoms with Gasteiger partial charge in [0.25, 0.3) is 0 Å². The third-order valence-corrected chi connectivity index (χ3v) is 2.83. The monoisotopic (exact) mass is 224 g/mol. The highest BCUT2D eigenvalue weighted by atomic mass is 32.1. The lowest BCUT2D eigenvalue weighted by Gasteiger charge is -2.26. The minimum Gasteiger partial charge on any atom is -0.463 e. The summed E-state index contributed by atoms with van der Waals surface area (Å²) in [6.07, 6.45) is 2.88. The van der Waals surface area contributed by atoms with Crippen molar-refractivity contribution in [2.24, 2.45) is 0 Å². The van der Waals surface area contributed by atoms with Crippen molar-refractivity contribution in [1.29, 1.82) is 0 Å². The lowest BCUT2D eigenvalue weighted by molar-refractivity contribution is -0.0919. The maximum Gasteiger partial charge on any atom is 0.200 e. The SMILES string of the molecule is CCCOC1CCc2cccc(S)c2O1. The lowest BCUT2D eigenvalue weighted by atomic mass is 10.1. The van der Waals surface area contributed by atoms with Crippen LogP contribution < -0.4 is 4.74 Å². The van der Waals surface area contributed by atoms with E-state index in [0.29, 0.717) is 0 Å². The molecule has 0 bridgehead atoms. The second kappa shape index (κ2) is 4.90. The smallest absolute Gasteiger partial charge is 0.200 e. The molecule has 1 atom stereocenters. The van der Waals surface area contributed by atoms with Crippen molar-refractivity contribution >= 4 is 12.6 Å². The molecule has 2 rings (SSSR count). The Balaban J connectivity index is 2.08. The normalized spacial score (nSPS) is 19.5. The number of para-hydroxylation sites is 1. The van der Waals surface area contributed by atoms with Crippen LogP contribution in [0, 0.1) is 0 Å². The third-order valence-electron chi connectivity index (χ3n) is 2.48. The molecule has 1 aromatic carbocycles. The van der Waals surface area contributed by atoms with Crippen LogP contribution in [-0.2, 0) is 11.2 Å². The van der Waals surface area contributed by atoms with Crippen LogP contribution >= 0.6 is 12.6 Å².